The van der Waals surface area contributed by atoms with Gasteiger partial charge in [-0.2, -0.15) is 5.10 Å². The summed E-state index contributed by atoms with van der Waals surface area (Å²) in [5.41, 5.74) is 8.96. The van der Waals surface area contributed by atoms with Crippen LogP contribution in [0.1, 0.15) is 5.69 Å². The summed E-state index contributed by atoms with van der Waals surface area (Å²) in [7, 11) is 0. The maximum atomic E-state index is 5.60. The van der Waals surface area contributed by atoms with Crippen LogP contribution in [0.2, 0.25) is 0 Å². The van der Waals surface area contributed by atoms with E-state index in [9.17, 15) is 0 Å². The molecule has 3 nitrogen and oxygen atoms in total. The van der Waals surface area contributed by atoms with Crippen LogP contribution in [-0.4, -0.2) is 22.6 Å². The van der Waals surface area contributed by atoms with Crippen LogP contribution in [0.3, 0.4) is 0 Å². The molecule has 0 saturated carbocycles. The summed E-state index contributed by atoms with van der Waals surface area (Å²) in [5.74, 6) is 0. The Bertz CT molecular complexity index is 488. The predicted octanol–water partition coefficient (Wildman–Crippen LogP) is 2.54. The molecule has 0 radical (unpaired) electrons. The molecule has 90 valence electrons. The molecule has 0 aliphatic carbocycles. The molecule has 1 aromatic heterocycles. The van der Waals surface area contributed by atoms with Crippen molar-refractivity contribution in [2.45, 2.75) is 18.4 Å². The highest BCUT2D eigenvalue weighted by molar-refractivity contribution is 7.98. The molecule has 0 aliphatic heterocycles. The van der Waals surface area contributed by atoms with Gasteiger partial charge in [-0.1, -0.05) is 12.1 Å². The number of aryl methyl sites for hydroxylation is 1. The molecule has 0 atom stereocenters. The van der Waals surface area contributed by atoms with Gasteiger partial charge in [-0.15, -0.1) is 11.8 Å². The third kappa shape index (κ3) is 2.70. The number of thioether (sulfide) groups is 1. The molecule has 2 rings (SSSR count). The summed E-state index contributed by atoms with van der Waals surface area (Å²) in [6.45, 7) is 3.37. The van der Waals surface area contributed by atoms with Crippen molar-refractivity contribution in [1.29, 1.82) is 0 Å². The van der Waals surface area contributed by atoms with E-state index in [2.05, 4.69) is 41.7 Å². The number of hydrogen-bond acceptors (Lipinski definition) is 3. The standard InChI is InChI=1S/C13H17N3S/c1-10-9-13(16(15-10)8-7-14)11-3-5-12(17-2)6-4-11/h3-6,9H,7-8,14H2,1-2H3. The molecular weight excluding hydrogens is 230 g/mol. The van der Waals surface area contributed by atoms with E-state index in [-0.39, 0.29) is 0 Å². The minimum absolute atomic E-state index is 0.608. The molecule has 2 aromatic rings. The van der Waals surface area contributed by atoms with Crippen LogP contribution >= 0.6 is 11.8 Å². The van der Waals surface area contributed by atoms with E-state index in [1.807, 2.05) is 11.6 Å². The molecule has 0 aliphatic rings. The predicted molar refractivity (Wildman–Crippen MR) is 73.2 cm³/mol. The van der Waals surface area contributed by atoms with Crippen molar-refractivity contribution >= 4 is 11.8 Å². The van der Waals surface area contributed by atoms with Crippen molar-refractivity contribution in [3.05, 3.63) is 36.0 Å². The lowest BCUT2D eigenvalue weighted by atomic mass is 10.1. The molecule has 2 N–H and O–H groups in total. The van der Waals surface area contributed by atoms with Gasteiger partial charge in [0.25, 0.3) is 0 Å². The Balaban J connectivity index is 2.37. The van der Waals surface area contributed by atoms with E-state index in [1.165, 1.54) is 10.5 Å². The Morgan fingerprint density at radius 1 is 1.29 bits per heavy atom. The average Bonchev–Trinajstić information content (AvgIpc) is 2.71. The highest BCUT2D eigenvalue weighted by Gasteiger charge is 2.07. The van der Waals surface area contributed by atoms with Crippen LogP contribution in [0, 0.1) is 6.92 Å². The summed E-state index contributed by atoms with van der Waals surface area (Å²) in [6.07, 6.45) is 2.08. The van der Waals surface area contributed by atoms with Gasteiger partial charge in [-0.05, 0) is 36.9 Å². The van der Waals surface area contributed by atoms with Gasteiger partial charge in [-0.25, -0.2) is 0 Å². The number of nitrogens with zero attached hydrogens (tertiary/aromatic N) is 2. The summed E-state index contributed by atoms with van der Waals surface area (Å²) in [5, 5.41) is 4.45. The summed E-state index contributed by atoms with van der Waals surface area (Å²) < 4.78 is 1.98. The van der Waals surface area contributed by atoms with Crippen LogP contribution in [-0.2, 0) is 6.54 Å². The molecule has 0 spiro atoms. The van der Waals surface area contributed by atoms with Gasteiger partial charge in [0.1, 0.15) is 0 Å². The minimum Gasteiger partial charge on any atom is -0.329 e. The number of aromatic nitrogens is 2. The fourth-order valence-electron chi connectivity index (χ4n) is 1.83. The van der Waals surface area contributed by atoms with Crippen molar-refractivity contribution in [3.8, 4) is 11.3 Å². The van der Waals surface area contributed by atoms with Crippen molar-refractivity contribution in [2.24, 2.45) is 5.73 Å². The maximum Gasteiger partial charge on any atom is 0.0685 e. The topological polar surface area (TPSA) is 43.8 Å². The van der Waals surface area contributed by atoms with E-state index in [4.69, 9.17) is 5.73 Å². The third-order valence-electron chi connectivity index (χ3n) is 2.63. The van der Waals surface area contributed by atoms with Gasteiger partial charge in [0.2, 0.25) is 0 Å². The number of benzene rings is 1. The van der Waals surface area contributed by atoms with Crippen LogP contribution in [0.15, 0.2) is 35.2 Å². The monoisotopic (exact) mass is 247 g/mol. The first-order chi connectivity index (χ1) is 8.24. The second-order valence-electron chi connectivity index (χ2n) is 3.91. The zero-order valence-electron chi connectivity index (χ0n) is 10.2. The van der Waals surface area contributed by atoms with Gasteiger partial charge < -0.3 is 5.73 Å². The SMILES string of the molecule is CSc1ccc(-c2cc(C)nn2CCN)cc1. The van der Waals surface area contributed by atoms with Crippen LogP contribution in [0.4, 0.5) is 0 Å². The fraction of sp³-hybridized carbons (Fsp3) is 0.308. The first-order valence-corrected chi connectivity index (χ1v) is 6.86. The van der Waals surface area contributed by atoms with Gasteiger partial charge in [0, 0.05) is 11.4 Å². The van der Waals surface area contributed by atoms with E-state index in [1.54, 1.807) is 11.8 Å². The quantitative estimate of drug-likeness (QED) is 0.844. The normalized spacial score (nSPS) is 10.8. The molecule has 0 saturated heterocycles. The molecule has 17 heavy (non-hydrogen) atoms. The minimum atomic E-state index is 0.608. The summed E-state index contributed by atoms with van der Waals surface area (Å²) in [4.78, 5) is 1.27. The molecule has 4 heteroatoms. The molecule has 1 aromatic carbocycles. The lowest BCUT2D eigenvalue weighted by Gasteiger charge is -2.06. The van der Waals surface area contributed by atoms with Gasteiger partial charge in [0.15, 0.2) is 0 Å². The van der Waals surface area contributed by atoms with E-state index in [0.717, 1.165) is 17.9 Å². The molecule has 0 amide bonds. The van der Waals surface area contributed by atoms with Crippen molar-refractivity contribution in [2.75, 3.05) is 12.8 Å². The Morgan fingerprint density at radius 3 is 2.59 bits per heavy atom. The van der Waals surface area contributed by atoms with Crippen molar-refractivity contribution < 1.29 is 0 Å². The van der Waals surface area contributed by atoms with Crippen molar-refractivity contribution in [1.82, 2.24) is 9.78 Å². The first-order valence-electron chi connectivity index (χ1n) is 5.63. The molecule has 0 bridgehead atoms. The number of hydrogen-bond donors (Lipinski definition) is 1. The largest absolute Gasteiger partial charge is 0.329 e. The fourth-order valence-corrected chi connectivity index (χ4v) is 2.24. The molecule has 1 heterocycles. The van der Waals surface area contributed by atoms with Gasteiger partial charge in [0.05, 0.1) is 17.9 Å². The molecule has 0 unspecified atom stereocenters. The van der Waals surface area contributed by atoms with Crippen LogP contribution in [0.5, 0.6) is 0 Å². The third-order valence-corrected chi connectivity index (χ3v) is 3.37. The lowest BCUT2D eigenvalue weighted by molar-refractivity contribution is 0.626. The van der Waals surface area contributed by atoms with Gasteiger partial charge in [-0.3, -0.25) is 4.68 Å². The van der Waals surface area contributed by atoms with E-state index < -0.39 is 0 Å². The summed E-state index contributed by atoms with van der Waals surface area (Å²) in [6, 6.07) is 10.6. The molecule has 0 fully saturated rings. The Hall–Kier alpha value is -1.26. The first kappa shape index (κ1) is 12.2. The van der Waals surface area contributed by atoms with E-state index in [0.29, 0.717) is 6.54 Å². The zero-order chi connectivity index (χ0) is 12.3. The smallest absolute Gasteiger partial charge is 0.0685 e. The molecular formula is C13H17N3S. The Kier molecular flexibility index (Phi) is 3.86. The highest BCUT2D eigenvalue weighted by Crippen LogP contribution is 2.23. The second kappa shape index (κ2) is 5.38. The van der Waals surface area contributed by atoms with Crippen LogP contribution in [0.25, 0.3) is 11.3 Å². The maximum absolute atomic E-state index is 5.60. The van der Waals surface area contributed by atoms with Crippen LogP contribution < -0.4 is 5.73 Å². The van der Waals surface area contributed by atoms with Gasteiger partial charge >= 0.3 is 0 Å². The Labute approximate surface area is 106 Å². The van der Waals surface area contributed by atoms with E-state index >= 15 is 0 Å². The number of nitrogens with two attached hydrogens (primary N) is 1. The average molecular weight is 247 g/mol. The second-order valence-corrected chi connectivity index (χ2v) is 4.79. The lowest BCUT2D eigenvalue weighted by Crippen LogP contribution is -2.12. The Morgan fingerprint density at radius 2 is 2.00 bits per heavy atom. The zero-order valence-corrected chi connectivity index (χ0v) is 11.0. The summed E-state index contributed by atoms with van der Waals surface area (Å²) >= 11 is 1.75. The number of rotatable bonds is 4. The van der Waals surface area contributed by atoms with Crippen molar-refractivity contribution in [3.63, 3.8) is 0 Å². The highest BCUT2D eigenvalue weighted by atomic mass is 32.2.